The molecule has 1 rings (SSSR count). The van der Waals surface area contributed by atoms with Crippen LogP contribution in [-0.2, 0) is 5.60 Å². The summed E-state index contributed by atoms with van der Waals surface area (Å²) in [6.45, 7) is 8.01. The number of aromatic nitrogens is 1. The van der Waals surface area contributed by atoms with Crippen LogP contribution in [0.4, 0.5) is 0 Å². The lowest BCUT2D eigenvalue weighted by atomic mass is 9.88. The van der Waals surface area contributed by atoms with Crippen molar-refractivity contribution in [2.45, 2.75) is 39.7 Å². The number of aryl methyl sites for hydroxylation is 1. The molecule has 0 aliphatic carbocycles. The zero-order valence-electron chi connectivity index (χ0n) is 9.41. The van der Waals surface area contributed by atoms with Gasteiger partial charge in [0, 0.05) is 17.5 Å². The maximum Gasteiger partial charge on any atom is 0.0885 e. The van der Waals surface area contributed by atoms with Crippen LogP contribution in [0.15, 0.2) is 18.3 Å². The van der Waals surface area contributed by atoms with Crippen LogP contribution in [0.5, 0.6) is 0 Å². The molecule has 0 radical (unpaired) electrons. The van der Waals surface area contributed by atoms with Gasteiger partial charge in [-0.3, -0.25) is 4.98 Å². The van der Waals surface area contributed by atoms with Crippen LogP contribution in [0.1, 0.15) is 38.4 Å². The smallest absolute Gasteiger partial charge is 0.0885 e. The summed E-state index contributed by atoms with van der Waals surface area (Å²) in [5.74, 6) is 0.478. The molecule has 0 saturated heterocycles. The van der Waals surface area contributed by atoms with E-state index in [0.29, 0.717) is 5.92 Å². The Bertz CT molecular complexity index is 288. The highest BCUT2D eigenvalue weighted by Gasteiger charge is 2.24. The topological polar surface area (TPSA) is 33.1 Å². The SMILES string of the molecule is Cc1ccc(C(C)(O)CC(C)C)cn1. The second-order valence-electron chi connectivity index (χ2n) is 4.56. The van der Waals surface area contributed by atoms with E-state index < -0.39 is 5.60 Å². The maximum absolute atomic E-state index is 10.2. The molecule has 0 spiro atoms. The Morgan fingerprint density at radius 2 is 2.07 bits per heavy atom. The van der Waals surface area contributed by atoms with Crippen molar-refractivity contribution in [1.82, 2.24) is 4.98 Å². The van der Waals surface area contributed by atoms with Crippen molar-refractivity contribution < 1.29 is 5.11 Å². The van der Waals surface area contributed by atoms with Gasteiger partial charge < -0.3 is 5.11 Å². The third-order valence-corrected chi connectivity index (χ3v) is 2.34. The van der Waals surface area contributed by atoms with E-state index >= 15 is 0 Å². The quantitative estimate of drug-likeness (QED) is 0.800. The van der Waals surface area contributed by atoms with Crippen LogP contribution in [0.25, 0.3) is 0 Å². The van der Waals surface area contributed by atoms with Crippen molar-refractivity contribution in [3.05, 3.63) is 29.6 Å². The van der Waals surface area contributed by atoms with Gasteiger partial charge in [0.1, 0.15) is 0 Å². The molecule has 78 valence electrons. The van der Waals surface area contributed by atoms with Gasteiger partial charge in [0.05, 0.1) is 5.60 Å². The van der Waals surface area contributed by atoms with Gasteiger partial charge >= 0.3 is 0 Å². The van der Waals surface area contributed by atoms with Gasteiger partial charge in [0.15, 0.2) is 0 Å². The van der Waals surface area contributed by atoms with Gasteiger partial charge in [0.25, 0.3) is 0 Å². The van der Waals surface area contributed by atoms with Crippen LogP contribution >= 0.6 is 0 Å². The largest absolute Gasteiger partial charge is 0.385 e. The molecule has 2 heteroatoms. The van der Waals surface area contributed by atoms with Crippen molar-refractivity contribution in [2.24, 2.45) is 5.92 Å². The van der Waals surface area contributed by atoms with Crippen LogP contribution in [-0.4, -0.2) is 10.1 Å². The molecule has 1 aromatic heterocycles. The summed E-state index contributed by atoms with van der Waals surface area (Å²) in [5.41, 5.74) is 1.13. The van der Waals surface area contributed by atoms with Crippen molar-refractivity contribution in [2.75, 3.05) is 0 Å². The first-order chi connectivity index (χ1) is 6.42. The Balaban J connectivity index is 2.86. The fourth-order valence-corrected chi connectivity index (χ4v) is 1.70. The summed E-state index contributed by atoms with van der Waals surface area (Å²) in [4.78, 5) is 4.19. The number of rotatable bonds is 3. The number of hydrogen-bond acceptors (Lipinski definition) is 2. The lowest BCUT2D eigenvalue weighted by molar-refractivity contribution is 0.0345. The first kappa shape index (κ1) is 11.2. The van der Waals surface area contributed by atoms with E-state index in [1.54, 1.807) is 6.20 Å². The predicted molar refractivity (Wildman–Crippen MR) is 58.0 cm³/mol. The van der Waals surface area contributed by atoms with Gasteiger partial charge in [-0.2, -0.15) is 0 Å². The van der Waals surface area contributed by atoms with Crippen molar-refractivity contribution in [1.29, 1.82) is 0 Å². The molecule has 1 unspecified atom stereocenters. The fraction of sp³-hybridized carbons (Fsp3) is 0.583. The molecule has 0 saturated carbocycles. The van der Waals surface area contributed by atoms with E-state index in [0.717, 1.165) is 17.7 Å². The molecule has 0 aliphatic heterocycles. The summed E-state index contributed by atoms with van der Waals surface area (Å²) in [6, 6.07) is 3.88. The average molecular weight is 193 g/mol. The zero-order chi connectivity index (χ0) is 10.8. The molecular weight excluding hydrogens is 174 g/mol. The highest BCUT2D eigenvalue weighted by atomic mass is 16.3. The highest BCUT2D eigenvalue weighted by Crippen LogP contribution is 2.27. The summed E-state index contributed by atoms with van der Waals surface area (Å²) in [6.07, 6.45) is 2.52. The normalized spacial score (nSPS) is 15.6. The second-order valence-corrected chi connectivity index (χ2v) is 4.56. The molecule has 2 nitrogen and oxygen atoms in total. The predicted octanol–water partition coefficient (Wildman–Crippen LogP) is 2.64. The van der Waals surface area contributed by atoms with E-state index in [2.05, 4.69) is 18.8 Å². The zero-order valence-corrected chi connectivity index (χ0v) is 9.41. The second kappa shape index (κ2) is 4.09. The molecule has 0 aliphatic rings. The minimum absolute atomic E-state index is 0.478. The van der Waals surface area contributed by atoms with Gasteiger partial charge in [-0.05, 0) is 32.3 Å². The van der Waals surface area contributed by atoms with Crippen LogP contribution < -0.4 is 0 Å². The minimum atomic E-state index is -0.755. The van der Waals surface area contributed by atoms with E-state index in [9.17, 15) is 5.11 Å². The molecule has 1 atom stereocenters. The van der Waals surface area contributed by atoms with Crippen molar-refractivity contribution in [3.63, 3.8) is 0 Å². The molecule has 0 bridgehead atoms. The van der Waals surface area contributed by atoms with Crippen LogP contribution in [0, 0.1) is 12.8 Å². The fourth-order valence-electron chi connectivity index (χ4n) is 1.70. The van der Waals surface area contributed by atoms with Gasteiger partial charge in [-0.25, -0.2) is 0 Å². The van der Waals surface area contributed by atoms with E-state index in [1.165, 1.54) is 0 Å². The summed E-state index contributed by atoms with van der Waals surface area (Å²) < 4.78 is 0. The van der Waals surface area contributed by atoms with Gasteiger partial charge in [0.2, 0.25) is 0 Å². The molecule has 1 N–H and O–H groups in total. The van der Waals surface area contributed by atoms with E-state index in [1.807, 2.05) is 26.0 Å². The van der Waals surface area contributed by atoms with Crippen molar-refractivity contribution in [3.8, 4) is 0 Å². The van der Waals surface area contributed by atoms with E-state index in [-0.39, 0.29) is 0 Å². The Kier molecular flexibility index (Phi) is 3.27. The van der Waals surface area contributed by atoms with E-state index in [4.69, 9.17) is 0 Å². The Hall–Kier alpha value is -0.890. The highest BCUT2D eigenvalue weighted by molar-refractivity contribution is 5.19. The number of pyridine rings is 1. The maximum atomic E-state index is 10.2. The summed E-state index contributed by atoms with van der Waals surface area (Å²) >= 11 is 0. The van der Waals surface area contributed by atoms with Gasteiger partial charge in [-0.1, -0.05) is 19.9 Å². The van der Waals surface area contributed by atoms with Crippen molar-refractivity contribution >= 4 is 0 Å². The summed E-state index contributed by atoms with van der Waals surface area (Å²) in [7, 11) is 0. The number of nitrogens with zero attached hydrogens (tertiary/aromatic N) is 1. The standard InChI is InChI=1S/C12H19NO/c1-9(2)7-12(4,14)11-6-5-10(3)13-8-11/h5-6,8-9,14H,7H2,1-4H3. The molecule has 0 amide bonds. The number of aliphatic hydroxyl groups is 1. The molecule has 1 heterocycles. The number of hydrogen-bond donors (Lipinski definition) is 1. The third-order valence-electron chi connectivity index (χ3n) is 2.34. The first-order valence-corrected chi connectivity index (χ1v) is 5.07. The molecule has 0 fully saturated rings. The monoisotopic (exact) mass is 193 g/mol. The minimum Gasteiger partial charge on any atom is -0.385 e. The van der Waals surface area contributed by atoms with Crippen LogP contribution in [0.2, 0.25) is 0 Å². The Morgan fingerprint density at radius 3 is 2.50 bits per heavy atom. The Labute approximate surface area is 86.0 Å². The molecule has 14 heavy (non-hydrogen) atoms. The Morgan fingerprint density at radius 1 is 1.43 bits per heavy atom. The lowest BCUT2D eigenvalue weighted by Crippen LogP contribution is -2.23. The summed E-state index contributed by atoms with van der Waals surface area (Å²) in [5, 5.41) is 10.2. The molecule has 1 aromatic rings. The van der Waals surface area contributed by atoms with Crippen LogP contribution in [0.3, 0.4) is 0 Å². The first-order valence-electron chi connectivity index (χ1n) is 5.07. The van der Waals surface area contributed by atoms with Gasteiger partial charge in [-0.15, -0.1) is 0 Å². The molecule has 0 aromatic carbocycles. The average Bonchev–Trinajstić information content (AvgIpc) is 2.02. The third kappa shape index (κ3) is 2.81. The lowest BCUT2D eigenvalue weighted by Gasteiger charge is -2.25. The molecular formula is C12H19NO.